The number of anilines is 1. The second-order valence-electron chi connectivity index (χ2n) is 8.48. The maximum atomic E-state index is 12.6. The largest absolute Gasteiger partial charge is 0.381 e. The van der Waals surface area contributed by atoms with Crippen molar-refractivity contribution in [2.75, 3.05) is 18.4 Å². The van der Waals surface area contributed by atoms with Crippen molar-refractivity contribution in [1.29, 1.82) is 0 Å². The molecule has 1 aliphatic heterocycles. The Balaban J connectivity index is 1.65. The summed E-state index contributed by atoms with van der Waals surface area (Å²) in [7, 11) is 0. The van der Waals surface area contributed by atoms with Crippen LogP contribution in [-0.2, 0) is 16.2 Å². The molecule has 0 saturated carbocycles. The summed E-state index contributed by atoms with van der Waals surface area (Å²) in [4.78, 5) is 20.5. The number of oxime groups is 1. The maximum Gasteiger partial charge on any atom is 0.268 e. The molecule has 166 valence electrons. The molecule has 0 aromatic heterocycles. The number of amidine groups is 1. The highest BCUT2D eigenvalue weighted by Gasteiger charge is 2.18. The summed E-state index contributed by atoms with van der Waals surface area (Å²) >= 11 is 0. The lowest BCUT2D eigenvalue weighted by molar-refractivity contribution is -0.126. The third-order valence-corrected chi connectivity index (χ3v) is 5.74. The normalized spacial score (nSPS) is 16.1. The minimum Gasteiger partial charge on any atom is -0.381 e. The van der Waals surface area contributed by atoms with Crippen molar-refractivity contribution in [2.45, 2.75) is 59.6 Å². The highest BCUT2D eigenvalue weighted by atomic mass is 16.6. The third-order valence-electron chi connectivity index (χ3n) is 5.74. The van der Waals surface area contributed by atoms with Crippen molar-refractivity contribution in [3.8, 4) is 0 Å². The lowest BCUT2D eigenvalue weighted by atomic mass is 10.0. The first-order valence-electron chi connectivity index (χ1n) is 11.0. The van der Waals surface area contributed by atoms with Crippen molar-refractivity contribution in [3.05, 3.63) is 64.2 Å². The summed E-state index contributed by atoms with van der Waals surface area (Å²) in [5, 5.41) is 7.04. The first-order valence-corrected chi connectivity index (χ1v) is 11.0. The number of carbonyl (C=O) groups is 1. The number of nitrogens with one attached hydrogen (secondary N) is 1. The van der Waals surface area contributed by atoms with Crippen LogP contribution in [-0.4, -0.2) is 35.8 Å². The molecule has 0 aliphatic carbocycles. The molecule has 1 heterocycles. The van der Waals surface area contributed by atoms with E-state index in [0.29, 0.717) is 0 Å². The van der Waals surface area contributed by atoms with Gasteiger partial charge in [-0.2, -0.15) is 0 Å². The van der Waals surface area contributed by atoms with E-state index in [0.717, 1.165) is 53.1 Å². The molecular formula is C25H34N4O2. The van der Waals surface area contributed by atoms with Crippen molar-refractivity contribution in [1.82, 2.24) is 4.90 Å². The number of aryl methyl sites for hydroxylation is 3. The first-order chi connectivity index (χ1) is 14.8. The Bertz CT molecular complexity index is 925. The van der Waals surface area contributed by atoms with Gasteiger partial charge in [-0.1, -0.05) is 53.5 Å². The van der Waals surface area contributed by atoms with E-state index >= 15 is 0 Å². The van der Waals surface area contributed by atoms with E-state index in [2.05, 4.69) is 21.4 Å². The summed E-state index contributed by atoms with van der Waals surface area (Å²) in [5.41, 5.74) is 12.2. The van der Waals surface area contributed by atoms with E-state index < -0.39 is 6.10 Å². The van der Waals surface area contributed by atoms with Gasteiger partial charge in [0.15, 0.2) is 5.84 Å². The Morgan fingerprint density at radius 2 is 1.77 bits per heavy atom. The van der Waals surface area contributed by atoms with Gasteiger partial charge in [0, 0.05) is 17.8 Å². The van der Waals surface area contributed by atoms with Gasteiger partial charge in [-0.05, 0) is 70.3 Å². The van der Waals surface area contributed by atoms with Gasteiger partial charge in [0.05, 0.1) is 0 Å². The van der Waals surface area contributed by atoms with Crippen LogP contribution in [0.4, 0.5) is 5.69 Å². The molecule has 1 unspecified atom stereocenters. The fraction of sp³-hybridized carbons (Fsp3) is 0.440. The van der Waals surface area contributed by atoms with E-state index in [4.69, 9.17) is 10.6 Å². The lowest BCUT2D eigenvalue weighted by Crippen LogP contribution is -2.30. The van der Waals surface area contributed by atoms with E-state index in [1.54, 1.807) is 6.92 Å². The van der Waals surface area contributed by atoms with Crippen LogP contribution in [0.25, 0.3) is 0 Å². The van der Waals surface area contributed by atoms with Crippen molar-refractivity contribution in [2.24, 2.45) is 10.9 Å². The Morgan fingerprint density at radius 1 is 1.13 bits per heavy atom. The van der Waals surface area contributed by atoms with E-state index in [-0.39, 0.29) is 11.7 Å². The average molecular weight is 423 g/mol. The van der Waals surface area contributed by atoms with Crippen LogP contribution in [0.2, 0.25) is 0 Å². The van der Waals surface area contributed by atoms with Gasteiger partial charge in [0.1, 0.15) is 0 Å². The topological polar surface area (TPSA) is 79.9 Å². The van der Waals surface area contributed by atoms with Crippen LogP contribution in [0.3, 0.4) is 0 Å². The number of carbonyl (C=O) groups excluding carboxylic acids is 1. The highest BCUT2D eigenvalue weighted by molar-refractivity contribution is 5.99. The number of hydrogen-bond donors (Lipinski definition) is 2. The Labute approximate surface area is 185 Å². The molecule has 6 heteroatoms. The van der Waals surface area contributed by atoms with Crippen molar-refractivity contribution < 1.29 is 9.63 Å². The molecule has 1 saturated heterocycles. The van der Waals surface area contributed by atoms with Crippen LogP contribution in [0.15, 0.2) is 41.6 Å². The second-order valence-corrected chi connectivity index (χ2v) is 8.48. The predicted octanol–water partition coefficient (Wildman–Crippen LogP) is 4.26. The van der Waals surface area contributed by atoms with Crippen molar-refractivity contribution in [3.63, 3.8) is 0 Å². The van der Waals surface area contributed by atoms with Gasteiger partial charge in [0.2, 0.25) is 6.10 Å². The zero-order chi connectivity index (χ0) is 22.4. The summed E-state index contributed by atoms with van der Waals surface area (Å²) in [6.45, 7) is 10.7. The monoisotopic (exact) mass is 422 g/mol. The number of hydrogen-bond acceptors (Lipinski definition) is 4. The van der Waals surface area contributed by atoms with Crippen LogP contribution < -0.4 is 11.1 Å². The highest BCUT2D eigenvalue weighted by Crippen LogP contribution is 2.22. The zero-order valence-electron chi connectivity index (χ0n) is 19.1. The van der Waals surface area contributed by atoms with Gasteiger partial charge in [-0.3, -0.25) is 9.69 Å². The lowest BCUT2D eigenvalue weighted by Gasteiger charge is -2.27. The van der Waals surface area contributed by atoms with Gasteiger partial charge < -0.3 is 15.9 Å². The molecule has 1 aliphatic rings. The Kier molecular flexibility index (Phi) is 7.69. The average Bonchev–Trinajstić information content (AvgIpc) is 2.75. The molecule has 1 atom stereocenters. The Hall–Kier alpha value is -2.86. The van der Waals surface area contributed by atoms with Crippen molar-refractivity contribution >= 4 is 17.4 Å². The van der Waals surface area contributed by atoms with Crippen LogP contribution in [0, 0.1) is 20.8 Å². The van der Waals surface area contributed by atoms with Gasteiger partial charge in [-0.15, -0.1) is 0 Å². The molecule has 1 amide bonds. The summed E-state index contributed by atoms with van der Waals surface area (Å²) in [6, 6.07) is 12.1. The number of nitrogens with two attached hydrogens (primary N) is 1. The minimum absolute atomic E-state index is 0.256. The van der Waals surface area contributed by atoms with Gasteiger partial charge in [0.25, 0.3) is 5.91 Å². The number of rotatable bonds is 7. The molecular weight excluding hydrogens is 388 g/mol. The standard InChI is InChI=1S/C25H34N4O2/c1-17-14-18(2)23(19(3)15-17)27-25(30)20(4)31-28-24(26)22-11-7-6-10-21(22)16-29-12-8-5-9-13-29/h6-7,10-11,14-15,20H,5,8-9,12-13,16H2,1-4H3,(H2,26,28)(H,27,30). The molecule has 0 radical (unpaired) electrons. The predicted molar refractivity (Wildman–Crippen MR) is 126 cm³/mol. The van der Waals surface area contributed by atoms with E-state index in [1.165, 1.54) is 19.3 Å². The van der Waals surface area contributed by atoms with Gasteiger partial charge in [-0.25, -0.2) is 0 Å². The second kappa shape index (κ2) is 10.4. The fourth-order valence-corrected chi connectivity index (χ4v) is 4.10. The SMILES string of the molecule is Cc1cc(C)c(NC(=O)C(C)O/N=C(/N)c2ccccc2CN2CCCCC2)c(C)c1. The number of piperidine rings is 1. The maximum absolute atomic E-state index is 12.6. The molecule has 0 spiro atoms. The summed E-state index contributed by atoms with van der Waals surface area (Å²) in [5.74, 6) is 0.0307. The molecule has 6 nitrogen and oxygen atoms in total. The number of nitrogens with zero attached hydrogens (tertiary/aromatic N) is 2. The third kappa shape index (κ3) is 6.07. The van der Waals surface area contributed by atoms with E-state index in [9.17, 15) is 4.79 Å². The Morgan fingerprint density at radius 3 is 2.45 bits per heavy atom. The first kappa shape index (κ1) is 22.8. The molecule has 2 aromatic carbocycles. The zero-order valence-corrected chi connectivity index (χ0v) is 19.1. The molecule has 31 heavy (non-hydrogen) atoms. The van der Waals surface area contributed by atoms with Crippen LogP contribution in [0.5, 0.6) is 0 Å². The van der Waals surface area contributed by atoms with Crippen LogP contribution in [0.1, 0.15) is 54.0 Å². The number of benzene rings is 2. The molecule has 2 aromatic rings. The summed E-state index contributed by atoms with van der Waals surface area (Å²) in [6.07, 6.45) is 3.01. The molecule has 3 rings (SSSR count). The van der Waals surface area contributed by atoms with E-state index in [1.807, 2.05) is 51.1 Å². The fourth-order valence-electron chi connectivity index (χ4n) is 4.10. The van der Waals surface area contributed by atoms with Gasteiger partial charge >= 0.3 is 0 Å². The molecule has 0 bridgehead atoms. The summed E-state index contributed by atoms with van der Waals surface area (Å²) < 4.78 is 0. The smallest absolute Gasteiger partial charge is 0.268 e. The molecule has 1 fully saturated rings. The minimum atomic E-state index is -0.770. The van der Waals surface area contributed by atoms with Crippen LogP contribution >= 0.6 is 0 Å². The number of likely N-dealkylation sites (tertiary alicyclic amines) is 1. The number of amides is 1. The molecule has 3 N–H and O–H groups in total. The quantitative estimate of drug-likeness (QED) is 0.397.